The highest BCUT2D eigenvalue weighted by atomic mass is 19.4. The van der Waals surface area contributed by atoms with E-state index in [1.165, 1.54) is 42.5 Å². The molecule has 0 atom stereocenters. The molecule has 0 unspecified atom stereocenters. The molecule has 2 aromatic carbocycles. The van der Waals surface area contributed by atoms with E-state index in [1.807, 2.05) is 0 Å². The molecule has 0 aliphatic rings. The molecule has 2 rings (SSSR count). The van der Waals surface area contributed by atoms with E-state index < -0.39 is 18.1 Å². The largest absolute Gasteiger partial charge is 0.493 e. The molecule has 0 heterocycles. The fraction of sp³-hybridized carbons (Fsp3) is 0.238. The Bertz CT molecular complexity index is 976. The predicted octanol–water partition coefficient (Wildman–Crippen LogP) is 3.61. The summed E-state index contributed by atoms with van der Waals surface area (Å²) in [6.45, 7) is -0.161. The number of anilines is 2. The van der Waals surface area contributed by atoms with Gasteiger partial charge < -0.3 is 20.2 Å². The molecule has 0 aromatic heterocycles. The Morgan fingerprint density at radius 1 is 1.06 bits per heavy atom. The fourth-order valence-electron chi connectivity index (χ4n) is 2.37. The van der Waals surface area contributed by atoms with Gasteiger partial charge in [-0.15, -0.1) is 5.06 Å². The first kappa shape index (κ1) is 24.7. The summed E-state index contributed by atoms with van der Waals surface area (Å²) in [5.41, 5.74) is 5.94. The summed E-state index contributed by atoms with van der Waals surface area (Å²) in [4.78, 5) is 30.4. The first-order chi connectivity index (χ1) is 15.1. The number of benzene rings is 2. The van der Waals surface area contributed by atoms with Crippen LogP contribution in [0.3, 0.4) is 0 Å². The van der Waals surface area contributed by atoms with Gasteiger partial charge in [-0.3, -0.25) is 4.79 Å². The van der Waals surface area contributed by atoms with Crippen LogP contribution in [0.25, 0.3) is 0 Å². The maximum Gasteiger partial charge on any atom is 0.493 e. The van der Waals surface area contributed by atoms with Gasteiger partial charge in [-0.1, -0.05) is 6.07 Å². The second-order valence-corrected chi connectivity index (χ2v) is 6.67. The molecule has 2 N–H and O–H groups in total. The molecule has 0 fully saturated rings. The van der Waals surface area contributed by atoms with E-state index in [1.54, 1.807) is 25.1 Å². The normalized spacial score (nSPS) is 11.7. The lowest BCUT2D eigenvalue weighted by Gasteiger charge is -2.23. The molecule has 172 valence electrons. The van der Waals surface area contributed by atoms with Crippen LogP contribution in [0.5, 0.6) is 5.75 Å². The monoisotopic (exact) mass is 455 g/mol. The highest BCUT2D eigenvalue weighted by Crippen LogP contribution is 2.26. The first-order valence-electron chi connectivity index (χ1n) is 9.18. The van der Waals surface area contributed by atoms with Gasteiger partial charge in [-0.05, 0) is 42.5 Å². The van der Waals surface area contributed by atoms with Gasteiger partial charge in [0.1, 0.15) is 12.4 Å². The summed E-state index contributed by atoms with van der Waals surface area (Å²) < 4.78 is 56.2. The quantitative estimate of drug-likeness (QED) is 0.507. The summed E-state index contributed by atoms with van der Waals surface area (Å²) in [5, 5.41) is 0.275. The average Bonchev–Trinajstić information content (AvgIpc) is 2.77. The smallest absolute Gasteiger partial charge is 0.489 e. The van der Waals surface area contributed by atoms with Crippen molar-refractivity contribution in [1.29, 1.82) is 0 Å². The fourth-order valence-corrected chi connectivity index (χ4v) is 2.37. The number of carbonyl (C=O) groups is 2. The zero-order chi connectivity index (χ0) is 23.9. The number of halogens is 4. The van der Waals surface area contributed by atoms with Crippen molar-refractivity contribution in [2.75, 3.05) is 37.2 Å². The van der Waals surface area contributed by atoms with E-state index in [-0.39, 0.29) is 40.8 Å². The number of rotatable bonds is 7. The summed E-state index contributed by atoms with van der Waals surface area (Å²) in [7, 11) is 3.39. The van der Waals surface area contributed by atoms with Gasteiger partial charge >= 0.3 is 12.1 Å². The van der Waals surface area contributed by atoms with Gasteiger partial charge in [0.05, 0.1) is 12.0 Å². The Morgan fingerprint density at radius 2 is 1.69 bits per heavy atom. The number of hydrogen-bond donors (Lipinski definition) is 1. The number of ether oxygens (including phenoxy) is 1. The molecule has 0 saturated carbocycles. The third-order valence-electron chi connectivity index (χ3n) is 4.11. The minimum absolute atomic E-state index is 0.0430. The lowest BCUT2D eigenvalue weighted by Crippen LogP contribution is -2.38. The Labute approximate surface area is 181 Å². The Balaban J connectivity index is 2.31. The molecule has 0 aliphatic carbocycles. The summed E-state index contributed by atoms with van der Waals surface area (Å²) >= 11 is 0. The average molecular weight is 455 g/mol. The maximum atomic E-state index is 12.9. The molecule has 7 nitrogen and oxygen atoms in total. The SMILES string of the molecule is CN(C)c1cccc(N(OC(=O)C(F)(F)F)C(=O)c2ccc(OC/C(=C\F)CN)cc2)c1. The third-order valence-corrected chi connectivity index (χ3v) is 4.11. The van der Waals surface area contributed by atoms with Crippen molar-refractivity contribution < 1.29 is 36.7 Å². The highest BCUT2D eigenvalue weighted by molar-refractivity contribution is 6.06. The van der Waals surface area contributed by atoms with E-state index in [2.05, 4.69) is 4.84 Å². The molecule has 0 aliphatic heterocycles. The van der Waals surface area contributed by atoms with Crippen LogP contribution < -0.4 is 20.4 Å². The third kappa shape index (κ3) is 6.45. The molecule has 0 radical (unpaired) electrons. The molecule has 0 spiro atoms. The van der Waals surface area contributed by atoms with Crippen LogP contribution in [-0.4, -0.2) is 45.3 Å². The molecule has 11 heteroatoms. The van der Waals surface area contributed by atoms with Crippen LogP contribution in [0, 0.1) is 0 Å². The lowest BCUT2D eigenvalue weighted by molar-refractivity contribution is -0.199. The Kier molecular flexibility index (Phi) is 8.19. The van der Waals surface area contributed by atoms with Crippen molar-refractivity contribution in [2.24, 2.45) is 5.73 Å². The van der Waals surface area contributed by atoms with Crippen molar-refractivity contribution in [3.63, 3.8) is 0 Å². The number of nitrogens with two attached hydrogens (primary N) is 1. The van der Waals surface area contributed by atoms with Crippen molar-refractivity contribution in [1.82, 2.24) is 0 Å². The molecule has 32 heavy (non-hydrogen) atoms. The second kappa shape index (κ2) is 10.6. The van der Waals surface area contributed by atoms with Gasteiger partial charge in [0.15, 0.2) is 0 Å². The van der Waals surface area contributed by atoms with Gasteiger partial charge in [0.2, 0.25) is 0 Å². The highest BCUT2D eigenvalue weighted by Gasteiger charge is 2.44. The van der Waals surface area contributed by atoms with Gasteiger partial charge in [-0.2, -0.15) is 13.2 Å². The van der Waals surface area contributed by atoms with Crippen molar-refractivity contribution >= 4 is 23.3 Å². The molecule has 2 aromatic rings. The number of alkyl halides is 3. The number of hydroxylamine groups is 1. The number of amides is 1. The van der Waals surface area contributed by atoms with E-state index in [0.717, 1.165) is 0 Å². The summed E-state index contributed by atoms with van der Waals surface area (Å²) in [6, 6.07) is 11.1. The predicted molar refractivity (Wildman–Crippen MR) is 110 cm³/mol. The molecule has 0 saturated heterocycles. The summed E-state index contributed by atoms with van der Waals surface area (Å²) in [6.07, 6.45) is -4.98. The van der Waals surface area contributed by atoms with Crippen LogP contribution in [-0.2, 0) is 9.63 Å². The van der Waals surface area contributed by atoms with Gasteiger partial charge in [0.25, 0.3) is 5.91 Å². The zero-order valence-corrected chi connectivity index (χ0v) is 17.2. The lowest BCUT2D eigenvalue weighted by atomic mass is 10.2. The number of nitrogens with zero attached hydrogens (tertiary/aromatic N) is 2. The van der Waals surface area contributed by atoms with Crippen LogP contribution in [0.15, 0.2) is 60.4 Å². The van der Waals surface area contributed by atoms with Crippen molar-refractivity contribution in [3.8, 4) is 5.75 Å². The van der Waals surface area contributed by atoms with Crippen LogP contribution in [0.1, 0.15) is 10.4 Å². The van der Waals surface area contributed by atoms with Gasteiger partial charge in [0, 0.05) is 37.5 Å². The molecular formula is C21H21F4N3O4. The first-order valence-corrected chi connectivity index (χ1v) is 9.18. The van der Waals surface area contributed by atoms with E-state index in [4.69, 9.17) is 10.5 Å². The van der Waals surface area contributed by atoms with E-state index >= 15 is 0 Å². The molecule has 1 amide bonds. The number of carbonyl (C=O) groups excluding carboxylic acids is 2. The minimum Gasteiger partial charge on any atom is -0.489 e. The summed E-state index contributed by atoms with van der Waals surface area (Å²) in [5.74, 6) is -3.30. The zero-order valence-electron chi connectivity index (χ0n) is 17.2. The topological polar surface area (TPSA) is 85.1 Å². The van der Waals surface area contributed by atoms with Gasteiger partial charge in [-0.25, -0.2) is 9.18 Å². The maximum absolute atomic E-state index is 12.9. The Hall–Kier alpha value is -3.60. The van der Waals surface area contributed by atoms with Crippen LogP contribution in [0.2, 0.25) is 0 Å². The van der Waals surface area contributed by atoms with E-state index in [9.17, 15) is 27.2 Å². The van der Waals surface area contributed by atoms with Crippen molar-refractivity contribution in [2.45, 2.75) is 6.18 Å². The standard InChI is InChI=1S/C21H21F4N3O4/c1-27(2)16-4-3-5-17(10-16)28(32-20(30)21(23,24)25)19(29)15-6-8-18(9-7-15)31-13-14(11-22)12-26/h3-11H,12-13,26H2,1-2H3/b14-11-. The minimum atomic E-state index is -5.31. The molecular weight excluding hydrogens is 434 g/mol. The Morgan fingerprint density at radius 3 is 2.22 bits per heavy atom. The molecule has 0 bridgehead atoms. The second-order valence-electron chi connectivity index (χ2n) is 6.67. The van der Waals surface area contributed by atoms with E-state index in [0.29, 0.717) is 12.0 Å². The number of hydrogen-bond acceptors (Lipinski definition) is 6. The van der Waals surface area contributed by atoms with Crippen molar-refractivity contribution in [3.05, 3.63) is 66.0 Å². The van der Waals surface area contributed by atoms with Crippen LogP contribution in [0.4, 0.5) is 28.9 Å². The van der Waals surface area contributed by atoms with Crippen LogP contribution >= 0.6 is 0 Å².